The molecule has 98 valence electrons. The van der Waals surface area contributed by atoms with Crippen LogP contribution < -0.4 is 15.2 Å². The van der Waals surface area contributed by atoms with Crippen molar-refractivity contribution in [2.75, 3.05) is 19.8 Å². The molecule has 0 heterocycles. The van der Waals surface area contributed by atoms with E-state index in [1.165, 1.54) is 0 Å². The summed E-state index contributed by atoms with van der Waals surface area (Å²) >= 11 is 0. The quantitative estimate of drug-likeness (QED) is 0.566. The van der Waals surface area contributed by atoms with E-state index in [9.17, 15) is 0 Å². The van der Waals surface area contributed by atoms with Crippen LogP contribution >= 0.6 is 0 Å². The maximum atomic E-state index is 5.67. The second kappa shape index (κ2) is 8.43. The molecule has 0 bridgehead atoms. The molecule has 0 fully saturated rings. The van der Waals surface area contributed by atoms with Crippen LogP contribution in [0.1, 0.15) is 25.3 Å². The van der Waals surface area contributed by atoms with Crippen LogP contribution in [0, 0.1) is 12.3 Å². The monoisotopic (exact) mass is 247 g/mol. The Morgan fingerprint density at radius 1 is 1.28 bits per heavy atom. The Balaban J connectivity index is 2.67. The highest BCUT2D eigenvalue weighted by Gasteiger charge is 2.06. The molecule has 0 atom stereocenters. The molecule has 3 heteroatoms. The zero-order chi connectivity index (χ0) is 13.2. The van der Waals surface area contributed by atoms with E-state index in [0.717, 1.165) is 36.3 Å². The molecule has 0 aliphatic rings. The number of nitrogens with two attached hydrogens (primary N) is 1. The molecule has 18 heavy (non-hydrogen) atoms. The predicted molar refractivity (Wildman–Crippen MR) is 73.9 cm³/mol. The Labute approximate surface area is 109 Å². The minimum atomic E-state index is 0.612. The summed E-state index contributed by atoms with van der Waals surface area (Å²) in [5.74, 6) is 4.15. The van der Waals surface area contributed by atoms with Crippen LogP contribution in [-0.4, -0.2) is 19.8 Å². The zero-order valence-electron chi connectivity index (χ0n) is 10.9. The molecule has 0 amide bonds. The Hall–Kier alpha value is -1.66. The van der Waals surface area contributed by atoms with E-state index in [4.69, 9.17) is 21.6 Å². The molecule has 0 aliphatic carbocycles. The Bertz CT molecular complexity index is 396. The fraction of sp³-hybridized carbons (Fsp3) is 0.467. The summed E-state index contributed by atoms with van der Waals surface area (Å²) in [6.07, 6.45) is 7.63. The minimum Gasteiger partial charge on any atom is -0.490 e. The van der Waals surface area contributed by atoms with Crippen molar-refractivity contribution in [3.63, 3.8) is 0 Å². The molecule has 1 aromatic rings. The number of terminal acetylenes is 1. The number of ether oxygens (including phenoxy) is 2. The molecule has 3 nitrogen and oxygen atoms in total. The largest absolute Gasteiger partial charge is 0.490 e. The summed E-state index contributed by atoms with van der Waals surface area (Å²) in [4.78, 5) is 0. The summed E-state index contributed by atoms with van der Waals surface area (Å²) in [5, 5.41) is 0. The van der Waals surface area contributed by atoms with Crippen LogP contribution in [0.5, 0.6) is 11.5 Å². The zero-order valence-corrected chi connectivity index (χ0v) is 10.9. The van der Waals surface area contributed by atoms with E-state index in [2.05, 4.69) is 5.92 Å². The first-order valence-corrected chi connectivity index (χ1v) is 6.33. The van der Waals surface area contributed by atoms with Gasteiger partial charge in [-0.3, -0.25) is 0 Å². The van der Waals surface area contributed by atoms with Crippen LogP contribution in [-0.2, 0) is 6.42 Å². The van der Waals surface area contributed by atoms with E-state index >= 15 is 0 Å². The first-order chi connectivity index (χ1) is 8.81. The number of rotatable bonds is 8. The Kier molecular flexibility index (Phi) is 6.75. The average Bonchev–Trinajstić information content (AvgIpc) is 2.37. The summed E-state index contributed by atoms with van der Waals surface area (Å²) in [6.45, 7) is 3.82. The second-order valence-corrected chi connectivity index (χ2v) is 3.91. The Morgan fingerprint density at radius 3 is 2.78 bits per heavy atom. The second-order valence-electron chi connectivity index (χ2n) is 3.91. The smallest absolute Gasteiger partial charge is 0.161 e. The van der Waals surface area contributed by atoms with Gasteiger partial charge >= 0.3 is 0 Å². The summed E-state index contributed by atoms with van der Waals surface area (Å²) < 4.78 is 11.2. The standard InChI is InChI=1S/C15H21NO2/c1-3-5-6-11-18-14-8-7-13(9-10-16)12-15(14)17-4-2/h1,7-8,12H,4-6,9-11,16H2,2H3. The average molecular weight is 247 g/mol. The predicted octanol–water partition coefficient (Wildman–Crippen LogP) is 2.38. The minimum absolute atomic E-state index is 0.612. The van der Waals surface area contributed by atoms with Crippen molar-refractivity contribution in [3.05, 3.63) is 23.8 Å². The number of hydrogen-bond acceptors (Lipinski definition) is 3. The van der Waals surface area contributed by atoms with Gasteiger partial charge in [-0.1, -0.05) is 6.07 Å². The highest BCUT2D eigenvalue weighted by atomic mass is 16.5. The first kappa shape index (κ1) is 14.4. The van der Waals surface area contributed by atoms with Gasteiger partial charge in [0.1, 0.15) is 0 Å². The van der Waals surface area contributed by atoms with Gasteiger partial charge in [0.05, 0.1) is 13.2 Å². The van der Waals surface area contributed by atoms with Crippen molar-refractivity contribution in [2.24, 2.45) is 5.73 Å². The molecular formula is C15H21NO2. The van der Waals surface area contributed by atoms with Gasteiger partial charge in [0.15, 0.2) is 11.5 Å². The lowest BCUT2D eigenvalue weighted by atomic mass is 10.1. The molecule has 0 radical (unpaired) electrons. The highest BCUT2D eigenvalue weighted by Crippen LogP contribution is 2.28. The van der Waals surface area contributed by atoms with Gasteiger partial charge in [-0.15, -0.1) is 12.3 Å². The maximum Gasteiger partial charge on any atom is 0.161 e. The molecule has 0 aromatic heterocycles. The lowest BCUT2D eigenvalue weighted by molar-refractivity contribution is 0.274. The number of hydrogen-bond donors (Lipinski definition) is 1. The molecular weight excluding hydrogens is 226 g/mol. The van der Waals surface area contributed by atoms with Crippen molar-refractivity contribution >= 4 is 0 Å². The molecule has 0 saturated heterocycles. The van der Waals surface area contributed by atoms with E-state index in [1.54, 1.807) is 0 Å². The van der Waals surface area contributed by atoms with Crippen molar-refractivity contribution in [2.45, 2.75) is 26.2 Å². The van der Waals surface area contributed by atoms with Gasteiger partial charge in [-0.05, 0) is 44.0 Å². The van der Waals surface area contributed by atoms with Gasteiger partial charge in [0, 0.05) is 6.42 Å². The molecule has 0 spiro atoms. The highest BCUT2D eigenvalue weighted by molar-refractivity contribution is 5.43. The van der Waals surface area contributed by atoms with E-state index < -0.39 is 0 Å². The lowest BCUT2D eigenvalue weighted by Crippen LogP contribution is -2.05. The molecule has 0 aliphatic heterocycles. The van der Waals surface area contributed by atoms with Crippen molar-refractivity contribution < 1.29 is 9.47 Å². The van der Waals surface area contributed by atoms with Gasteiger partial charge in [-0.2, -0.15) is 0 Å². The summed E-state index contributed by atoms with van der Waals surface area (Å²) in [5.41, 5.74) is 6.71. The molecule has 0 unspecified atom stereocenters. The SMILES string of the molecule is C#CCCCOc1ccc(CCN)cc1OCC. The van der Waals surface area contributed by atoms with Gasteiger partial charge in [0.25, 0.3) is 0 Å². The van der Waals surface area contributed by atoms with Crippen LogP contribution in [0.3, 0.4) is 0 Å². The third-order valence-electron chi connectivity index (χ3n) is 2.46. The fourth-order valence-corrected chi connectivity index (χ4v) is 1.62. The Morgan fingerprint density at radius 2 is 2.11 bits per heavy atom. The lowest BCUT2D eigenvalue weighted by Gasteiger charge is -2.13. The van der Waals surface area contributed by atoms with Crippen molar-refractivity contribution in [3.8, 4) is 23.8 Å². The number of unbranched alkanes of at least 4 members (excludes halogenated alkanes) is 1. The van der Waals surface area contributed by atoms with E-state index in [0.29, 0.717) is 19.8 Å². The molecule has 2 N–H and O–H groups in total. The van der Waals surface area contributed by atoms with Crippen molar-refractivity contribution in [1.29, 1.82) is 0 Å². The van der Waals surface area contributed by atoms with Crippen LogP contribution in [0.2, 0.25) is 0 Å². The third-order valence-corrected chi connectivity index (χ3v) is 2.46. The summed E-state index contributed by atoms with van der Waals surface area (Å²) in [6, 6.07) is 5.95. The molecule has 0 saturated carbocycles. The van der Waals surface area contributed by atoms with E-state index in [1.807, 2.05) is 25.1 Å². The van der Waals surface area contributed by atoms with Gasteiger partial charge < -0.3 is 15.2 Å². The first-order valence-electron chi connectivity index (χ1n) is 6.33. The van der Waals surface area contributed by atoms with Gasteiger partial charge in [0.2, 0.25) is 0 Å². The maximum absolute atomic E-state index is 5.67. The fourth-order valence-electron chi connectivity index (χ4n) is 1.62. The van der Waals surface area contributed by atoms with Crippen LogP contribution in [0.25, 0.3) is 0 Å². The third kappa shape index (κ3) is 4.68. The topological polar surface area (TPSA) is 44.5 Å². The van der Waals surface area contributed by atoms with Crippen LogP contribution in [0.4, 0.5) is 0 Å². The summed E-state index contributed by atoms with van der Waals surface area (Å²) in [7, 11) is 0. The normalized spacial score (nSPS) is 9.83. The van der Waals surface area contributed by atoms with Crippen molar-refractivity contribution in [1.82, 2.24) is 0 Å². The van der Waals surface area contributed by atoms with E-state index in [-0.39, 0.29) is 0 Å². The molecule has 1 aromatic carbocycles. The van der Waals surface area contributed by atoms with Gasteiger partial charge in [-0.25, -0.2) is 0 Å². The molecule has 1 rings (SSSR count). The number of benzene rings is 1. The van der Waals surface area contributed by atoms with Crippen LogP contribution in [0.15, 0.2) is 18.2 Å².